The van der Waals surface area contributed by atoms with Gasteiger partial charge in [-0.1, -0.05) is 0 Å². The maximum atomic E-state index is 11.3. The maximum absolute atomic E-state index is 11.3. The third-order valence-electron chi connectivity index (χ3n) is 1.94. The van der Waals surface area contributed by atoms with Gasteiger partial charge >= 0.3 is 0 Å². The average Bonchev–Trinajstić information content (AvgIpc) is 2.19. The zero-order valence-electron chi connectivity index (χ0n) is 8.02. The number of phenolic OH excluding ortho intramolecular Hbond substituents is 1. The molecule has 0 atom stereocenters. The Labute approximate surface area is 121 Å². The van der Waals surface area contributed by atoms with E-state index >= 15 is 0 Å². The molecule has 0 aliphatic heterocycles. The van der Waals surface area contributed by atoms with Crippen molar-refractivity contribution in [2.45, 2.75) is 0 Å². The topological polar surface area (TPSA) is 75.2 Å². The van der Waals surface area contributed by atoms with Crippen LogP contribution in [0.4, 0.5) is 0 Å². The molecule has 2 aromatic rings. The summed E-state index contributed by atoms with van der Waals surface area (Å²) in [6.07, 6.45) is 1.31. The van der Waals surface area contributed by atoms with Crippen molar-refractivity contribution in [2.24, 2.45) is 0 Å². The second kappa shape index (κ2) is 4.95. The van der Waals surface area contributed by atoms with Gasteiger partial charge in [-0.05, 0) is 6.07 Å². The summed E-state index contributed by atoms with van der Waals surface area (Å²) >= 11 is 0. The van der Waals surface area contributed by atoms with Crippen molar-refractivity contribution in [3.05, 3.63) is 28.8 Å². The Balaban J connectivity index is 0.00000112. The van der Waals surface area contributed by atoms with Crippen molar-refractivity contribution in [1.29, 1.82) is 0 Å². The maximum Gasteiger partial charge on any atom is 0.258 e. The number of rotatable bonds is 1. The van der Waals surface area contributed by atoms with Crippen molar-refractivity contribution >= 4 is 10.9 Å². The number of fused-ring (bicyclic) bond motifs is 1. The molecule has 5 nitrogen and oxygen atoms in total. The van der Waals surface area contributed by atoms with Gasteiger partial charge < -0.3 is 14.8 Å². The summed E-state index contributed by atoms with van der Waals surface area (Å²) < 4.78 is 4.89. The van der Waals surface area contributed by atoms with Crippen LogP contribution in [0.15, 0.2) is 23.3 Å². The van der Waals surface area contributed by atoms with Crippen LogP contribution in [0.2, 0.25) is 0 Å². The molecule has 1 aromatic heterocycles. The van der Waals surface area contributed by atoms with Crippen LogP contribution in [-0.4, -0.2) is 22.2 Å². The Bertz CT molecular complexity index is 538. The molecular weight excluding hydrogens is 411 g/mol. The Morgan fingerprint density at radius 2 is 2.20 bits per heavy atom. The van der Waals surface area contributed by atoms with Crippen LogP contribution in [0.25, 0.3) is 10.9 Å². The second-order valence-electron chi connectivity index (χ2n) is 2.77. The monoisotopic (exact) mass is 419 g/mol. The quantitative estimate of drug-likeness (QED) is 0.712. The molecule has 0 aliphatic rings. The van der Waals surface area contributed by atoms with Crippen LogP contribution in [0, 0.1) is 44.1 Å². The van der Waals surface area contributed by atoms with Gasteiger partial charge in [-0.2, -0.15) is 0 Å². The summed E-state index contributed by atoms with van der Waals surface area (Å²) in [6, 6.07) is 2.85. The predicted molar refractivity (Wildman–Crippen MR) is 50.6 cm³/mol. The minimum Gasteiger partial charge on any atom is -0.504 e. The molecular formula is C9H8AcN2O3. The van der Waals surface area contributed by atoms with E-state index in [1.54, 1.807) is 0 Å². The van der Waals surface area contributed by atoms with Crippen molar-refractivity contribution in [2.75, 3.05) is 7.11 Å². The minimum atomic E-state index is -0.284. The number of hydrogen-bond acceptors (Lipinski definition) is 4. The van der Waals surface area contributed by atoms with E-state index in [9.17, 15) is 9.90 Å². The molecule has 15 heavy (non-hydrogen) atoms. The van der Waals surface area contributed by atoms with Gasteiger partial charge in [0.05, 0.1) is 24.3 Å². The number of nitrogens with one attached hydrogen (secondary N) is 1. The normalized spacial score (nSPS) is 9.67. The van der Waals surface area contributed by atoms with Crippen LogP contribution in [0.3, 0.4) is 0 Å². The molecule has 0 amide bonds. The van der Waals surface area contributed by atoms with Gasteiger partial charge in [0.25, 0.3) is 5.56 Å². The van der Waals surface area contributed by atoms with E-state index in [4.69, 9.17) is 4.74 Å². The molecule has 0 aliphatic carbocycles. The number of benzene rings is 1. The van der Waals surface area contributed by atoms with Crippen LogP contribution in [0.1, 0.15) is 0 Å². The second-order valence-corrected chi connectivity index (χ2v) is 2.77. The first-order chi connectivity index (χ1) is 6.72. The number of ether oxygens (including phenoxy) is 1. The van der Waals surface area contributed by atoms with Crippen molar-refractivity contribution in [3.8, 4) is 11.5 Å². The number of methoxy groups -OCH3 is 1. The number of nitrogens with zero attached hydrogens (tertiary/aromatic N) is 1. The minimum absolute atomic E-state index is 0. The summed E-state index contributed by atoms with van der Waals surface area (Å²) in [5.74, 6) is 0.231. The first-order valence-corrected chi connectivity index (χ1v) is 3.97. The Kier molecular flexibility index (Phi) is 4.12. The zero-order valence-corrected chi connectivity index (χ0v) is 12.8. The fraction of sp³-hybridized carbons (Fsp3) is 0.111. The summed E-state index contributed by atoms with van der Waals surface area (Å²) in [5, 5.41) is 9.77. The summed E-state index contributed by atoms with van der Waals surface area (Å²) in [4.78, 5) is 17.6. The number of aromatic hydroxyl groups is 1. The molecule has 1 heterocycles. The van der Waals surface area contributed by atoms with E-state index in [0.717, 1.165) is 0 Å². The largest absolute Gasteiger partial charge is 0.504 e. The van der Waals surface area contributed by atoms with Crippen molar-refractivity contribution < 1.29 is 53.9 Å². The first kappa shape index (κ1) is 12.5. The fourth-order valence-electron chi connectivity index (χ4n) is 1.25. The summed E-state index contributed by atoms with van der Waals surface area (Å²) in [6.45, 7) is 0. The van der Waals surface area contributed by atoms with Crippen molar-refractivity contribution in [3.63, 3.8) is 0 Å². The van der Waals surface area contributed by atoms with E-state index < -0.39 is 0 Å². The SMILES string of the molecule is COc1cc2nc[nH]c(=O)c2cc1O.[Ac]. The molecule has 2 rings (SSSR count). The molecule has 75 valence electrons. The van der Waals surface area contributed by atoms with E-state index in [-0.39, 0.29) is 55.4 Å². The van der Waals surface area contributed by atoms with Gasteiger partial charge in [0.1, 0.15) is 0 Å². The Morgan fingerprint density at radius 1 is 1.47 bits per heavy atom. The molecule has 0 unspecified atom stereocenters. The van der Waals surface area contributed by atoms with Gasteiger partial charge in [0, 0.05) is 50.1 Å². The van der Waals surface area contributed by atoms with Crippen LogP contribution in [0.5, 0.6) is 11.5 Å². The third kappa shape index (κ3) is 2.32. The molecule has 1 radical (unpaired) electrons. The van der Waals surface area contributed by atoms with E-state index in [1.807, 2.05) is 0 Å². The van der Waals surface area contributed by atoms with Crippen molar-refractivity contribution in [1.82, 2.24) is 9.97 Å². The molecule has 0 bridgehead atoms. The smallest absolute Gasteiger partial charge is 0.258 e. The Hall–Kier alpha value is -0.598. The van der Waals surface area contributed by atoms with E-state index in [0.29, 0.717) is 16.7 Å². The molecule has 0 fully saturated rings. The molecule has 0 saturated carbocycles. The summed E-state index contributed by atoms with van der Waals surface area (Å²) in [5.41, 5.74) is 0.205. The van der Waals surface area contributed by atoms with Crippen LogP contribution < -0.4 is 10.3 Å². The van der Waals surface area contributed by atoms with Gasteiger partial charge in [-0.15, -0.1) is 0 Å². The number of aromatic amines is 1. The Morgan fingerprint density at radius 3 is 2.87 bits per heavy atom. The predicted octanol–water partition coefficient (Wildman–Crippen LogP) is 0.637. The fourth-order valence-corrected chi connectivity index (χ4v) is 1.25. The summed E-state index contributed by atoms with van der Waals surface area (Å²) in [7, 11) is 1.44. The van der Waals surface area contributed by atoms with Gasteiger partial charge in [0.15, 0.2) is 11.5 Å². The van der Waals surface area contributed by atoms with E-state index in [2.05, 4.69) is 9.97 Å². The third-order valence-corrected chi connectivity index (χ3v) is 1.94. The number of aromatic nitrogens is 2. The van der Waals surface area contributed by atoms with Gasteiger partial charge in [-0.25, -0.2) is 4.98 Å². The van der Waals surface area contributed by atoms with Crippen LogP contribution >= 0.6 is 0 Å². The zero-order chi connectivity index (χ0) is 10.1. The average molecular weight is 419 g/mol. The molecule has 1 aromatic carbocycles. The number of hydrogen-bond donors (Lipinski definition) is 2. The molecule has 0 spiro atoms. The molecule has 6 heteroatoms. The first-order valence-electron chi connectivity index (χ1n) is 3.97. The number of phenols is 1. The van der Waals surface area contributed by atoms with E-state index in [1.165, 1.54) is 25.6 Å². The van der Waals surface area contributed by atoms with Gasteiger partial charge in [0.2, 0.25) is 0 Å². The molecule has 2 N–H and O–H groups in total. The van der Waals surface area contributed by atoms with Gasteiger partial charge in [-0.3, -0.25) is 4.79 Å². The van der Waals surface area contributed by atoms with Crippen LogP contribution in [-0.2, 0) is 0 Å². The number of H-pyrrole nitrogens is 1. The molecule has 0 saturated heterocycles. The standard InChI is InChI=1S/C9H8N2O3.Ac/c1-14-8-3-6-5(2-7(8)12)9(13)11-4-10-6;/h2-4,12H,1H3,(H,10,11,13);.